The summed E-state index contributed by atoms with van der Waals surface area (Å²) in [5, 5.41) is 0. The smallest absolute Gasteiger partial charge is 0.0465 e. The van der Waals surface area contributed by atoms with E-state index in [0.29, 0.717) is 0 Å². The number of rotatable bonds is 8. The fourth-order valence-corrected chi connectivity index (χ4v) is 8.18. The maximum absolute atomic E-state index is 2.43. The number of fused-ring (bicyclic) bond motifs is 3. The van der Waals surface area contributed by atoms with Gasteiger partial charge in [0.15, 0.2) is 0 Å². The highest BCUT2D eigenvalue weighted by atomic mass is 15.1. The number of benzene rings is 7. The zero-order valence-electron chi connectivity index (χ0n) is 34.7. The Kier molecular flexibility index (Phi) is 9.78. The van der Waals surface area contributed by atoms with Crippen LogP contribution in [0.25, 0.3) is 23.3 Å². The molecule has 2 heteroatoms. The van der Waals surface area contributed by atoms with E-state index in [0.717, 1.165) is 28.4 Å². The zero-order chi connectivity index (χ0) is 40.0. The van der Waals surface area contributed by atoms with Gasteiger partial charge >= 0.3 is 0 Å². The summed E-state index contributed by atoms with van der Waals surface area (Å²) >= 11 is 0. The largest absolute Gasteiger partial charge is 0.311 e. The van der Waals surface area contributed by atoms with Crippen molar-refractivity contribution in [3.8, 4) is 11.1 Å². The van der Waals surface area contributed by atoms with Gasteiger partial charge < -0.3 is 9.80 Å². The molecule has 2 nitrogen and oxygen atoms in total. The van der Waals surface area contributed by atoms with Gasteiger partial charge in [0.1, 0.15) is 0 Å². The van der Waals surface area contributed by atoms with E-state index in [1.165, 1.54) is 50.2 Å². The molecule has 0 aliphatic heterocycles. The van der Waals surface area contributed by atoms with Crippen molar-refractivity contribution in [3.63, 3.8) is 0 Å². The summed E-state index contributed by atoms with van der Waals surface area (Å²) in [7, 11) is 0. The fraction of sp³-hybridized carbons (Fsp3) is 0.200. The first-order valence-corrected chi connectivity index (χ1v) is 20.3. The lowest BCUT2D eigenvalue weighted by atomic mass is 9.81. The Labute approximate surface area is 340 Å². The minimum atomic E-state index is -0.164. The normalized spacial score (nSPS) is 13.3. The molecule has 0 saturated carbocycles. The van der Waals surface area contributed by atoms with Gasteiger partial charge in [0.2, 0.25) is 0 Å². The summed E-state index contributed by atoms with van der Waals surface area (Å²) in [6, 6.07) is 62.2. The minimum Gasteiger partial charge on any atom is -0.311 e. The monoisotopic (exact) mass is 742 g/mol. The first-order chi connectivity index (χ1) is 27.3. The number of para-hydroxylation sites is 2. The molecule has 0 amide bonds. The molecule has 0 unspecified atom stereocenters. The van der Waals surface area contributed by atoms with Crippen molar-refractivity contribution in [2.24, 2.45) is 0 Å². The van der Waals surface area contributed by atoms with Crippen molar-refractivity contribution in [1.29, 1.82) is 0 Å². The Morgan fingerprint density at radius 1 is 0.368 bits per heavy atom. The van der Waals surface area contributed by atoms with Crippen molar-refractivity contribution in [2.45, 2.75) is 71.6 Å². The number of anilines is 6. The number of nitrogens with zero attached hydrogens (tertiary/aromatic N) is 2. The molecule has 7 aromatic rings. The Balaban J connectivity index is 1.09. The van der Waals surface area contributed by atoms with Gasteiger partial charge in [-0.25, -0.2) is 0 Å². The van der Waals surface area contributed by atoms with Crippen LogP contribution in [-0.4, -0.2) is 0 Å². The van der Waals surface area contributed by atoms with Crippen LogP contribution in [0.1, 0.15) is 88.8 Å². The van der Waals surface area contributed by atoms with Crippen molar-refractivity contribution in [2.75, 3.05) is 9.80 Å². The van der Waals surface area contributed by atoms with Gasteiger partial charge in [-0.15, -0.1) is 0 Å². The molecule has 1 aliphatic carbocycles. The van der Waals surface area contributed by atoms with Gasteiger partial charge in [-0.3, -0.25) is 0 Å². The summed E-state index contributed by atoms with van der Waals surface area (Å²) in [6.45, 7) is 18.4. The number of hydrogen-bond acceptors (Lipinski definition) is 2. The van der Waals surface area contributed by atoms with Crippen molar-refractivity contribution in [1.82, 2.24) is 0 Å². The summed E-state index contributed by atoms with van der Waals surface area (Å²) in [5.41, 5.74) is 17.3. The third kappa shape index (κ3) is 7.57. The van der Waals surface area contributed by atoms with E-state index in [9.17, 15) is 0 Å². The predicted octanol–water partition coefficient (Wildman–Crippen LogP) is 15.7. The van der Waals surface area contributed by atoms with E-state index in [-0.39, 0.29) is 16.2 Å². The molecule has 1 aliphatic rings. The molecule has 57 heavy (non-hydrogen) atoms. The average Bonchev–Trinajstić information content (AvgIpc) is 3.43. The molecule has 0 atom stereocenters. The molecule has 0 heterocycles. The summed E-state index contributed by atoms with van der Waals surface area (Å²) < 4.78 is 0. The Bertz CT molecular complexity index is 2410. The molecular weight excluding hydrogens is 689 g/mol. The van der Waals surface area contributed by atoms with Gasteiger partial charge in [-0.1, -0.05) is 165 Å². The molecule has 0 radical (unpaired) electrons. The summed E-state index contributed by atoms with van der Waals surface area (Å²) in [4.78, 5) is 4.71. The van der Waals surface area contributed by atoms with Crippen molar-refractivity contribution in [3.05, 3.63) is 203 Å². The van der Waals surface area contributed by atoms with Crippen LogP contribution in [0.2, 0.25) is 0 Å². The topological polar surface area (TPSA) is 6.48 Å². The highest BCUT2D eigenvalue weighted by molar-refractivity contribution is 5.87. The van der Waals surface area contributed by atoms with E-state index < -0.39 is 0 Å². The van der Waals surface area contributed by atoms with Gasteiger partial charge in [0.05, 0.1) is 0 Å². The lowest BCUT2D eigenvalue weighted by Crippen LogP contribution is -2.17. The molecule has 7 aromatic carbocycles. The molecule has 284 valence electrons. The Hall–Kier alpha value is -6.12. The van der Waals surface area contributed by atoms with Crippen LogP contribution in [-0.2, 0) is 16.2 Å². The van der Waals surface area contributed by atoms with E-state index in [2.05, 4.69) is 247 Å². The molecule has 0 spiro atoms. The van der Waals surface area contributed by atoms with Gasteiger partial charge in [0, 0.05) is 39.5 Å². The standard InChI is InChI=1S/C55H54N2/c1-53(2,3)41-24-30-46(31-25-41)57(47-32-26-42(27-33-47)54(4,5)6)48-34-36-50-49-35-23-40(37-51(49)55(7,8)52(50)38-48)20-19-39-21-28-45(29-22-39)56(43-15-11-9-12-16-43)44-17-13-10-14-18-44/h9-38H,1-8H3/b20-19+. The second-order valence-corrected chi connectivity index (χ2v) is 18.0. The van der Waals surface area contributed by atoms with E-state index in [1.807, 2.05) is 0 Å². The lowest BCUT2D eigenvalue weighted by Gasteiger charge is -2.29. The van der Waals surface area contributed by atoms with Crippen LogP contribution in [0, 0.1) is 0 Å². The van der Waals surface area contributed by atoms with E-state index in [4.69, 9.17) is 0 Å². The van der Waals surface area contributed by atoms with E-state index in [1.54, 1.807) is 0 Å². The van der Waals surface area contributed by atoms with Crippen LogP contribution in [0.5, 0.6) is 0 Å². The SMILES string of the molecule is CC(C)(C)c1ccc(N(c2ccc(C(C)(C)C)cc2)c2ccc3c(c2)C(C)(C)c2cc(/C=C/c4ccc(N(c5ccccc5)c5ccccc5)cc4)ccc2-3)cc1. The summed E-state index contributed by atoms with van der Waals surface area (Å²) in [5.74, 6) is 0. The van der Waals surface area contributed by atoms with Crippen LogP contribution in [0.4, 0.5) is 34.1 Å². The molecule has 0 N–H and O–H groups in total. The second-order valence-electron chi connectivity index (χ2n) is 18.0. The highest BCUT2D eigenvalue weighted by Crippen LogP contribution is 2.51. The molecular formula is C55H54N2. The third-order valence-corrected chi connectivity index (χ3v) is 11.6. The van der Waals surface area contributed by atoms with E-state index >= 15 is 0 Å². The molecule has 8 rings (SSSR count). The van der Waals surface area contributed by atoms with Crippen molar-refractivity contribution >= 4 is 46.3 Å². The third-order valence-electron chi connectivity index (χ3n) is 11.6. The van der Waals surface area contributed by atoms with Crippen molar-refractivity contribution < 1.29 is 0 Å². The van der Waals surface area contributed by atoms with Crippen LogP contribution >= 0.6 is 0 Å². The highest BCUT2D eigenvalue weighted by Gasteiger charge is 2.36. The molecule has 0 saturated heterocycles. The fourth-order valence-electron chi connectivity index (χ4n) is 8.18. The van der Waals surface area contributed by atoms with Crippen LogP contribution < -0.4 is 9.80 Å². The minimum absolute atomic E-state index is 0.0901. The van der Waals surface area contributed by atoms with Gasteiger partial charge in [-0.2, -0.15) is 0 Å². The molecule has 0 aromatic heterocycles. The Morgan fingerprint density at radius 3 is 1.19 bits per heavy atom. The summed E-state index contributed by atoms with van der Waals surface area (Å²) in [6.07, 6.45) is 4.47. The zero-order valence-corrected chi connectivity index (χ0v) is 34.7. The maximum atomic E-state index is 2.43. The molecule has 0 fully saturated rings. The van der Waals surface area contributed by atoms with Gasteiger partial charge in [-0.05, 0) is 128 Å². The van der Waals surface area contributed by atoms with Crippen LogP contribution in [0.15, 0.2) is 170 Å². The Morgan fingerprint density at radius 2 is 0.719 bits per heavy atom. The molecule has 0 bridgehead atoms. The first-order valence-electron chi connectivity index (χ1n) is 20.3. The number of hydrogen-bond donors (Lipinski definition) is 0. The lowest BCUT2D eigenvalue weighted by molar-refractivity contribution is 0.590. The first kappa shape index (κ1) is 37.8. The predicted molar refractivity (Wildman–Crippen MR) is 246 cm³/mol. The van der Waals surface area contributed by atoms with Crippen LogP contribution in [0.3, 0.4) is 0 Å². The van der Waals surface area contributed by atoms with Gasteiger partial charge in [0.25, 0.3) is 0 Å². The average molecular weight is 743 g/mol. The maximum Gasteiger partial charge on any atom is 0.0465 e. The quantitative estimate of drug-likeness (QED) is 0.143. The second kappa shape index (κ2) is 14.8.